The lowest BCUT2D eigenvalue weighted by molar-refractivity contribution is 0.196. The van der Waals surface area contributed by atoms with Crippen LogP contribution in [0.2, 0.25) is 5.02 Å². The molecule has 0 amide bonds. The van der Waals surface area contributed by atoms with Gasteiger partial charge in [-0.2, -0.15) is 4.98 Å². The number of benzene rings is 2. The average Bonchev–Trinajstić information content (AvgIpc) is 3.10. The van der Waals surface area contributed by atoms with E-state index in [1.807, 2.05) is 35.2 Å². The van der Waals surface area contributed by atoms with Gasteiger partial charge in [0.1, 0.15) is 5.02 Å². The summed E-state index contributed by atoms with van der Waals surface area (Å²) in [6, 6.07) is 15.9. The van der Waals surface area contributed by atoms with Crippen molar-refractivity contribution in [3.05, 3.63) is 65.3 Å². The fraction of sp³-hybridized carbons (Fsp3) is 0.448. The lowest BCUT2D eigenvalue weighted by atomic mass is 9.91. The van der Waals surface area contributed by atoms with E-state index in [0.29, 0.717) is 23.3 Å². The molecule has 1 fully saturated rings. The molecule has 0 spiro atoms. The number of halogens is 1. The first-order valence-corrected chi connectivity index (χ1v) is 16.3. The molecule has 0 bridgehead atoms. The molecule has 2 aromatic carbocycles. The van der Waals surface area contributed by atoms with Crippen LogP contribution in [0.3, 0.4) is 0 Å². The second kappa shape index (κ2) is 12.9. The van der Waals surface area contributed by atoms with Gasteiger partial charge in [0.2, 0.25) is 16.0 Å². The predicted molar refractivity (Wildman–Crippen MR) is 165 cm³/mol. The second-order valence-corrected chi connectivity index (χ2v) is 13.0. The van der Waals surface area contributed by atoms with Crippen molar-refractivity contribution in [1.29, 1.82) is 0 Å². The number of hydrogen-bond donors (Lipinski definition) is 3. The van der Waals surface area contributed by atoms with Gasteiger partial charge in [0.15, 0.2) is 5.82 Å². The van der Waals surface area contributed by atoms with Crippen molar-refractivity contribution < 1.29 is 13.5 Å². The molecule has 2 atom stereocenters. The number of aromatic nitrogens is 2. The minimum absolute atomic E-state index is 0.134. The summed E-state index contributed by atoms with van der Waals surface area (Å²) in [6.45, 7) is 3.25. The summed E-state index contributed by atoms with van der Waals surface area (Å²) in [5.41, 5.74) is 4.11. The Kier molecular flexibility index (Phi) is 9.30. The summed E-state index contributed by atoms with van der Waals surface area (Å²) in [6.07, 6.45) is 6.27. The number of fused-ring (bicyclic) bond motifs is 1. The average molecular weight is 600 g/mol. The van der Waals surface area contributed by atoms with Crippen LogP contribution in [0.5, 0.6) is 0 Å². The topological polar surface area (TPSA) is 114 Å². The molecule has 41 heavy (non-hydrogen) atoms. The van der Waals surface area contributed by atoms with E-state index in [2.05, 4.69) is 50.1 Å². The third-order valence-corrected chi connectivity index (χ3v) is 8.71. The molecule has 0 saturated heterocycles. The van der Waals surface area contributed by atoms with Gasteiger partial charge in [-0.05, 0) is 42.7 Å². The van der Waals surface area contributed by atoms with Gasteiger partial charge in [-0.3, -0.25) is 9.80 Å². The van der Waals surface area contributed by atoms with Crippen molar-refractivity contribution in [2.45, 2.75) is 44.3 Å². The third kappa shape index (κ3) is 7.28. The van der Waals surface area contributed by atoms with Gasteiger partial charge in [0.25, 0.3) is 0 Å². The SMILES string of the molecule is CN1CCN(CCO)Cc2ccc(N(c3ccccc3)c3ncc(Cl)c(N[C@@H]4CCCC[C@H]4NS(C)(=O)=O)n3)cc21. The predicted octanol–water partition coefficient (Wildman–Crippen LogP) is 4.12. The van der Waals surface area contributed by atoms with E-state index in [1.54, 1.807) is 6.20 Å². The Hall–Kier alpha value is -2.96. The Balaban J connectivity index is 1.51. The van der Waals surface area contributed by atoms with E-state index < -0.39 is 10.0 Å². The number of anilines is 5. The van der Waals surface area contributed by atoms with Crippen molar-refractivity contribution >= 4 is 50.5 Å². The molecule has 1 aromatic heterocycles. The van der Waals surface area contributed by atoms with E-state index in [9.17, 15) is 13.5 Å². The van der Waals surface area contributed by atoms with E-state index in [-0.39, 0.29) is 18.7 Å². The molecular formula is C29H38ClN7O3S. The summed E-state index contributed by atoms with van der Waals surface area (Å²) in [5.74, 6) is 0.918. The molecule has 5 rings (SSSR count). The Morgan fingerprint density at radius 3 is 2.56 bits per heavy atom. The number of likely N-dealkylation sites (N-methyl/N-ethyl adjacent to an activating group) is 1. The smallest absolute Gasteiger partial charge is 0.236 e. The van der Waals surface area contributed by atoms with Crippen molar-refractivity contribution in [2.24, 2.45) is 0 Å². The van der Waals surface area contributed by atoms with E-state index in [1.165, 1.54) is 11.8 Å². The Labute approximate surface area is 247 Å². The molecule has 3 N–H and O–H groups in total. The quantitative estimate of drug-likeness (QED) is 0.334. The molecule has 2 heterocycles. The zero-order valence-corrected chi connectivity index (χ0v) is 25.1. The van der Waals surface area contributed by atoms with Crippen LogP contribution < -0.4 is 19.8 Å². The maximum absolute atomic E-state index is 12.0. The summed E-state index contributed by atoms with van der Waals surface area (Å²) < 4.78 is 26.8. The van der Waals surface area contributed by atoms with Crippen LogP contribution in [0.15, 0.2) is 54.7 Å². The van der Waals surface area contributed by atoms with E-state index >= 15 is 0 Å². The van der Waals surface area contributed by atoms with Crippen molar-refractivity contribution in [3.8, 4) is 0 Å². The minimum Gasteiger partial charge on any atom is -0.395 e. The molecule has 1 aliphatic carbocycles. The molecule has 10 nitrogen and oxygen atoms in total. The van der Waals surface area contributed by atoms with Crippen LogP contribution in [0.25, 0.3) is 0 Å². The summed E-state index contributed by atoms with van der Waals surface area (Å²) in [7, 11) is -1.27. The molecule has 1 aliphatic heterocycles. The zero-order valence-electron chi connectivity index (χ0n) is 23.5. The molecular weight excluding hydrogens is 562 g/mol. The van der Waals surface area contributed by atoms with E-state index in [4.69, 9.17) is 16.6 Å². The van der Waals surface area contributed by atoms with Crippen LogP contribution in [0.4, 0.5) is 28.8 Å². The number of nitrogens with one attached hydrogen (secondary N) is 2. The van der Waals surface area contributed by atoms with Gasteiger partial charge in [-0.15, -0.1) is 0 Å². The Morgan fingerprint density at radius 2 is 1.83 bits per heavy atom. The van der Waals surface area contributed by atoms with Gasteiger partial charge < -0.3 is 15.3 Å². The molecule has 0 unspecified atom stereocenters. The minimum atomic E-state index is -3.36. The van der Waals surface area contributed by atoms with Gasteiger partial charge in [0, 0.05) is 56.7 Å². The Bertz CT molecular complexity index is 1440. The highest BCUT2D eigenvalue weighted by Crippen LogP contribution is 2.38. The number of β-amino-alcohol motifs (C(OH)–C–C–N with tert-alkyl or cyclic N) is 1. The monoisotopic (exact) mass is 599 g/mol. The van der Waals surface area contributed by atoms with Gasteiger partial charge in [-0.25, -0.2) is 18.1 Å². The lowest BCUT2D eigenvalue weighted by Gasteiger charge is -2.33. The molecule has 0 radical (unpaired) electrons. The maximum Gasteiger partial charge on any atom is 0.236 e. The molecule has 1 saturated carbocycles. The number of sulfonamides is 1. The highest BCUT2D eigenvalue weighted by atomic mass is 35.5. The first-order chi connectivity index (χ1) is 19.7. The molecule has 12 heteroatoms. The Morgan fingerprint density at radius 1 is 1.07 bits per heavy atom. The van der Waals surface area contributed by atoms with Crippen LogP contribution >= 0.6 is 11.6 Å². The number of aliphatic hydroxyl groups is 1. The summed E-state index contributed by atoms with van der Waals surface area (Å²) in [5, 5.41) is 13.3. The second-order valence-electron chi connectivity index (χ2n) is 10.8. The third-order valence-electron chi connectivity index (χ3n) is 7.70. The fourth-order valence-corrected chi connectivity index (χ4v) is 6.64. The van der Waals surface area contributed by atoms with E-state index in [0.717, 1.165) is 62.4 Å². The van der Waals surface area contributed by atoms with Gasteiger partial charge in [-0.1, -0.05) is 48.7 Å². The number of nitrogens with zero attached hydrogens (tertiary/aromatic N) is 5. The van der Waals surface area contributed by atoms with Crippen LogP contribution in [0.1, 0.15) is 31.2 Å². The van der Waals surface area contributed by atoms with Crippen LogP contribution in [-0.4, -0.2) is 80.0 Å². The molecule has 3 aromatic rings. The fourth-order valence-electron chi connectivity index (χ4n) is 5.66. The van der Waals surface area contributed by atoms with Crippen LogP contribution in [-0.2, 0) is 16.6 Å². The maximum atomic E-state index is 12.0. The largest absolute Gasteiger partial charge is 0.395 e. The number of aliphatic hydroxyl groups excluding tert-OH is 1. The first-order valence-electron chi connectivity index (χ1n) is 14.0. The van der Waals surface area contributed by atoms with Crippen molar-refractivity contribution in [1.82, 2.24) is 19.6 Å². The standard InChI is InChI=1S/C29H38ClN7O3S/c1-35-14-15-36(16-17-38)20-21-12-13-23(18-27(21)35)37(22-8-4-3-5-9-22)29-31-19-24(30)28(33-29)32-25-10-6-7-11-26(25)34-41(2,39)40/h3-5,8-9,12-13,18-19,25-26,34,38H,6-7,10-11,14-17,20H2,1-2H3,(H,31,32,33)/t25-,26-/m1/s1. The van der Waals surface area contributed by atoms with Gasteiger partial charge >= 0.3 is 0 Å². The number of para-hydroxylation sites is 1. The first kappa shape index (κ1) is 29.5. The number of rotatable bonds is 9. The highest BCUT2D eigenvalue weighted by molar-refractivity contribution is 7.88. The summed E-state index contributed by atoms with van der Waals surface area (Å²) in [4.78, 5) is 16.0. The van der Waals surface area contributed by atoms with Crippen molar-refractivity contribution in [3.63, 3.8) is 0 Å². The zero-order chi connectivity index (χ0) is 29.0. The lowest BCUT2D eigenvalue weighted by Crippen LogP contribution is -2.48. The molecule has 220 valence electrons. The van der Waals surface area contributed by atoms with Gasteiger partial charge in [0.05, 0.1) is 24.7 Å². The highest BCUT2D eigenvalue weighted by Gasteiger charge is 2.29. The van der Waals surface area contributed by atoms with Crippen molar-refractivity contribution in [2.75, 3.05) is 54.7 Å². The summed E-state index contributed by atoms with van der Waals surface area (Å²) >= 11 is 6.59. The number of hydrogen-bond acceptors (Lipinski definition) is 9. The molecule has 2 aliphatic rings. The van der Waals surface area contributed by atoms with Crippen LogP contribution in [0, 0.1) is 0 Å². The normalized spacial score (nSPS) is 19.9.